The zero-order valence-corrected chi connectivity index (χ0v) is 12.0. The van der Waals surface area contributed by atoms with Gasteiger partial charge in [0.05, 0.1) is 2.74 Å². The van der Waals surface area contributed by atoms with Gasteiger partial charge in [0.15, 0.2) is 0 Å². The average Bonchev–Trinajstić information content (AvgIpc) is 2.56. The molecule has 0 aromatic heterocycles. The lowest BCUT2D eigenvalue weighted by Gasteiger charge is -2.24. The van der Waals surface area contributed by atoms with Gasteiger partial charge in [-0.25, -0.2) is 0 Å². The minimum Gasteiger partial charge on any atom is -0.0614 e. The van der Waals surface area contributed by atoms with Crippen LogP contribution in [0.5, 0.6) is 0 Å². The molecule has 2 aromatic carbocycles. The van der Waals surface area contributed by atoms with Crippen LogP contribution in [-0.2, 0) is 25.7 Å². The van der Waals surface area contributed by atoms with Crippen LogP contribution in [-0.4, -0.2) is 0 Å². The van der Waals surface area contributed by atoms with Gasteiger partial charge in [-0.15, -0.1) is 0 Å². The van der Waals surface area contributed by atoms with Gasteiger partial charge in [0.1, 0.15) is 0 Å². The molecule has 2 aliphatic rings. The van der Waals surface area contributed by atoms with Gasteiger partial charge < -0.3 is 0 Å². The molecule has 102 valence electrons. The summed E-state index contributed by atoms with van der Waals surface area (Å²) in [5.41, 5.74) is 7.66. The van der Waals surface area contributed by atoms with Crippen molar-refractivity contribution in [2.75, 3.05) is 0 Å². The highest BCUT2D eigenvalue weighted by Gasteiger charge is 2.18. The van der Waals surface area contributed by atoms with Crippen LogP contribution >= 0.6 is 0 Å². The number of hydrogen-bond acceptors (Lipinski definition) is 0. The smallest absolute Gasteiger partial charge is 0.0614 e. The van der Waals surface area contributed by atoms with Crippen LogP contribution in [0.2, 0.25) is 0 Å². The van der Waals surface area contributed by atoms with Crippen molar-refractivity contribution in [3.05, 3.63) is 58.6 Å². The highest BCUT2D eigenvalue weighted by atomic mass is 14.2. The lowest BCUT2D eigenvalue weighted by molar-refractivity contribution is 0.681. The quantitative estimate of drug-likeness (QED) is 0.672. The zero-order valence-electron chi connectivity index (χ0n) is 14.0. The highest BCUT2D eigenvalue weighted by Crippen LogP contribution is 2.36. The molecule has 0 unspecified atom stereocenters. The van der Waals surface area contributed by atoms with Crippen molar-refractivity contribution in [1.82, 2.24) is 0 Å². The van der Waals surface area contributed by atoms with E-state index in [1.807, 2.05) is 12.1 Å². The molecule has 2 aromatic rings. The van der Waals surface area contributed by atoms with Crippen molar-refractivity contribution in [2.24, 2.45) is 0 Å². The number of aryl methyl sites for hydroxylation is 2. The fraction of sp³-hybridized carbons (Fsp3) is 0.400. The molecule has 0 saturated carbocycles. The number of fused-ring (bicyclic) bond motifs is 2. The van der Waals surface area contributed by atoms with Gasteiger partial charge in [0, 0.05) is 0 Å². The van der Waals surface area contributed by atoms with E-state index in [1.54, 1.807) is 0 Å². The van der Waals surface area contributed by atoms with Crippen LogP contribution in [0.3, 0.4) is 0 Å². The van der Waals surface area contributed by atoms with Gasteiger partial charge in [-0.3, -0.25) is 0 Å². The molecule has 0 fully saturated rings. The second-order valence-electron chi connectivity index (χ2n) is 6.13. The molecule has 0 saturated heterocycles. The van der Waals surface area contributed by atoms with E-state index >= 15 is 0 Å². The lowest BCUT2D eigenvalue weighted by Crippen LogP contribution is -2.08. The molecule has 0 heteroatoms. The molecule has 20 heavy (non-hydrogen) atoms. The van der Waals surface area contributed by atoms with Crippen molar-refractivity contribution in [3.8, 4) is 11.1 Å². The summed E-state index contributed by atoms with van der Waals surface area (Å²) in [7, 11) is 0. The molecule has 0 N–H and O–H groups in total. The number of hydrogen-bond donors (Lipinski definition) is 0. The number of benzene rings is 2. The van der Waals surface area contributed by atoms with E-state index in [1.165, 1.54) is 47.9 Å². The summed E-state index contributed by atoms with van der Waals surface area (Å²) < 4.78 is 17.0. The van der Waals surface area contributed by atoms with Crippen molar-refractivity contribution < 1.29 is 2.74 Å². The van der Waals surface area contributed by atoms with Crippen LogP contribution in [0.15, 0.2) is 36.4 Å². The third-order valence-electron chi connectivity index (χ3n) is 4.90. The van der Waals surface area contributed by atoms with Crippen molar-refractivity contribution in [3.63, 3.8) is 0 Å². The van der Waals surface area contributed by atoms with E-state index in [2.05, 4.69) is 12.1 Å². The van der Waals surface area contributed by atoms with Gasteiger partial charge in [0.25, 0.3) is 0 Å². The summed E-state index contributed by atoms with van der Waals surface area (Å²) in [6, 6.07) is 9.38. The van der Waals surface area contributed by atoms with Crippen LogP contribution in [0, 0.1) is 0 Å². The lowest BCUT2D eigenvalue weighted by atomic mass is 9.81. The predicted molar refractivity (Wildman–Crippen MR) is 85.2 cm³/mol. The van der Waals surface area contributed by atoms with Gasteiger partial charge in [0.2, 0.25) is 0 Å². The molecule has 0 radical (unpaired) electrons. The summed E-state index contributed by atoms with van der Waals surface area (Å²) in [4.78, 5) is 0. The van der Waals surface area contributed by atoms with Crippen LogP contribution in [0.4, 0.5) is 0 Å². The Kier molecular flexibility index (Phi) is 2.60. The maximum absolute atomic E-state index is 8.48. The van der Waals surface area contributed by atoms with Gasteiger partial charge in [-0.2, -0.15) is 0 Å². The standard InChI is InChI=1S/C20H22/c1-3-11-17-15(7-1)9-5-13-19(17)20-14-6-10-16-8-2-4-12-18(16)20/h5-6,9-10,13-14H,1-4,7-8,11-12H2/i13T,14T. The Bertz CT molecular complexity index is 667. The molecule has 0 aliphatic heterocycles. The monoisotopic (exact) mass is 266 g/mol. The molecule has 0 heterocycles. The first kappa shape index (κ1) is 10.2. The van der Waals surface area contributed by atoms with Crippen LogP contribution < -0.4 is 0 Å². The van der Waals surface area contributed by atoms with Crippen molar-refractivity contribution >= 4 is 0 Å². The largest absolute Gasteiger partial charge is 0.0629 e. The average molecular weight is 266 g/mol. The molecule has 0 spiro atoms. The third kappa shape index (κ3) is 1.98. The molecular weight excluding hydrogens is 240 g/mol. The Balaban J connectivity index is 2.00. The second kappa shape index (κ2) is 5.09. The molecular formula is C20H22. The molecule has 0 bridgehead atoms. The molecule has 4 rings (SSSR count). The molecule has 2 aliphatic carbocycles. The Hall–Kier alpha value is -1.56. The fourth-order valence-corrected chi connectivity index (χ4v) is 3.87. The van der Waals surface area contributed by atoms with Crippen molar-refractivity contribution in [1.29, 1.82) is 0 Å². The first-order valence-corrected chi connectivity index (χ1v) is 7.99. The van der Waals surface area contributed by atoms with Gasteiger partial charge in [-0.1, -0.05) is 36.4 Å². The minimum absolute atomic E-state index is 0.605. The Morgan fingerprint density at radius 1 is 0.650 bits per heavy atom. The first-order valence-electron chi connectivity index (χ1n) is 8.99. The predicted octanol–water partition coefficient (Wildman–Crippen LogP) is 5.11. The number of rotatable bonds is 1. The maximum Gasteiger partial charge on any atom is 0.0629 e. The van der Waals surface area contributed by atoms with Gasteiger partial charge in [-0.05, 0) is 84.7 Å². The van der Waals surface area contributed by atoms with Gasteiger partial charge >= 0.3 is 0 Å². The molecule has 0 amide bonds. The first-order chi connectivity index (χ1) is 10.8. The normalized spacial score (nSPS) is 18.8. The summed E-state index contributed by atoms with van der Waals surface area (Å²) in [6.45, 7) is 0. The topological polar surface area (TPSA) is 0 Å². The Morgan fingerprint density at radius 3 is 1.60 bits per heavy atom. The van der Waals surface area contributed by atoms with Crippen LogP contribution in [0.1, 0.15) is 50.7 Å². The minimum atomic E-state index is 0.605. The third-order valence-corrected chi connectivity index (χ3v) is 4.90. The summed E-state index contributed by atoms with van der Waals surface area (Å²) in [6.07, 6.45) is 9.34. The van der Waals surface area contributed by atoms with Crippen molar-refractivity contribution in [2.45, 2.75) is 51.4 Å². The Morgan fingerprint density at radius 2 is 1.10 bits per heavy atom. The molecule has 0 atom stereocenters. The maximum atomic E-state index is 8.48. The van der Waals surface area contributed by atoms with Crippen LogP contribution in [0.25, 0.3) is 11.1 Å². The van der Waals surface area contributed by atoms with E-state index in [4.69, 9.17) is 2.74 Å². The summed E-state index contributed by atoms with van der Waals surface area (Å²) >= 11 is 0. The fourth-order valence-electron chi connectivity index (χ4n) is 3.87. The van der Waals surface area contributed by atoms with E-state index in [0.29, 0.717) is 12.1 Å². The zero-order chi connectivity index (χ0) is 15.1. The van der Waals surface area contributed by atoms with E-state index < -0.39 is 0 Å². The summed E-state index contributed by atoms with van der Waals surface area (Å²) in [5.74, 6) is 0. The second-order valence-corrected chi connectivity index (χ2v) is 6.13. The Labute approximate surface area is 124 Å². The van der Waals surface area contributed by atoms with E-state index in [0.717, 1.165) is 36.8 Å². The highest BCUT2D eigenvalue weighted by molar-refractivity contribution is 5.73. The molecule has 0 nitrogen and oxygen atoms in total. The van der Waals surface area contributed by atoms with E-state index in [-0.39, 0.29) is 0 Å². The SMILES string of the molecule is [3H]c1ccc2c(c1-c1c([3H])ccc3c1CCCC3)CCCC2. The van der Waals surface area contributed by atoms with E-state index in [9.17, 15) is 0 Å². The summed E-state index contributed by atoms with van der Waals surface area (Å²) in [5, 5.41) is 0.